The van der Waals surface area contributed by atoms with Crippen LogP contribution >= 0.6 is 0 Å². The second-order valence-electron chi connectivity index (χ2n) is 3.15. The molecule has 1 amide bonds. The van der Waals surface area contributed by atoms with Crippen molar-refractivity contribution in [1.29, 1.82) is 0 Å². The number of amides is 1. The van der Waals surface area contributed by atoms with Crippen molar-refractivity contribution >= 4 is 5.91 Å². The van der Waals surface area contributed by atoms with Crippen LogP contribution in [-0.2, 0) is 9.63 Å². The maximum Gasteiger partial charge on any atom is 0.265 e. The smallest absolute Gasteiger partial charge is 0.265 e. The summed E-state index contributed by atoms with van der Waals surface area (Å²) in [7, 11) is 3.00. The molecule has 4 nitrogen and oxygen atoms in total. The normalized spacial score (nSPS) is 15.4. The van der Waals surface area contributed by atoms with Gasteiger partial charge in [-0.1, -0.05) is 13.3 Å². The van der Waals surface area contributed by atoms with Crippen molar-refractivity contribution in [2.75, 3.05) is 14.2 Å². The van der Waals surface area contributed by atoms with Crippen LogP contribution in [0.1, 0.15) is 26.7 Å². The molecule has 0 radical (unpaired) electrons. The van der Waals surface area contributed by atoms with E-state index in [-0.39, 0.29) is 5.91 Å². The van der Waals surface area contributed by atoms with Gasteiger partial charge in [0.1, 0.15) is 0 Å². The largest absolute Gasteiger partial charge is 0.318 e. The van der Waals surface area contributed by atoms with Gasteiger partial charge in [-0.05, 0) is 13.3 Å². The second-order valence-corrected chi connectivity index (χ2v) is 3.15. The molecule has 0 rings (SSSR count). The molecule has 0 aliphatic carbocycles. The van der Waals surface area contributed by atoms with Gasteiger partial charge in [0.25, 0.3) is 5.91 Å². The molecule has 12 heavy (non-hydrogen) atoms. The Labute approximate surface area is 73.6 Å². The van der Waals surface area contributed by atoms with Crippen molar-refractivity contribution in [3.05, 3.63) is 0 Å². The average Bonchev–Trinajstić information content (AvgIpc) is 2.01. The predicted octanol–water partition coefficient (Wildman–Crippen LogP) is 0.524. The molecule has 0 aromatic heterocycles. The summed E-state index contributed by atoms with van der Waals surface area (Å²) in [6.07, 6.45) is 1.55. The van der Waals surface area contributed by atoms with Crippen molar-refractivity contribution in [1.82, 2.24) is 5.06 Å². The molecular weight excluding hydrogens is 156 g/mol. The van der Waals surface area contributed by atoms with E-state index < -0.39 is 5.54 Å². The van der Waals surface area contributed by atoms with Gasteiger partial charge < -0.3 is 5.73 Å². The fraction of sp³-hybridized carbons (Fsp3) is 0.875. The molecule has 0 saturated heterocycles. The van der Waals surface area contributed by atoms with Crippen LogP contribution in [0.3, 0.4) is 0 Å². The zero-order valence-electron chi connectivity index (χ0n) is 8.26. The summed E-state index contributed by atoms with van der Waals surface area (Å²) in [5, 5.41) is 1.16. The molecule has 0 aromatic rings. The number of nitrogens with zero attached hydrogens (tertiary/aromatic N) is 1. The van der Waals surface area contributed by atoms with Crippen molar-refractivity contribution < 1.29 is 9.63 Å². The summed E-state index contributed by atoms with van der Waals surface area (Å²) >= 11 is 0. The van der Waals surface area contributed by atoms with E-state index in [0.717, 1.165) is 11.5 Å². The summed E-state index contributed by atoms with van der Waals surface area (Å²) in [5.74, 6) is -0.188. The van der Waals surface area contributed by atoms with Gasteiger partial charge >= 0.3 is 0 Å². The number of hydroxylamine groups is 2. The SMILES string of the molecule is CCCC(C)(N)C(=O)N(C)OC. The summed E-state index contributed by atoms with van der Waals surface area (Å²) in [4.78, 5) is 16.2. The minimum absolute atomic E-state index is 0.188. The number of carbonyl (C=O) groups excluding carboxylic acids is 1. The van der Waals surface area contributed by atoms with E-state index in [9.17, 15) is 4.79 Å². The van der Waals surface area contributed by atoms with Crippen LogP contribution in [-0.4, -0.2) is 30.7 Å². The standard InChI is InChI=1S/C8H18N2O2/c1-5-6-8(2,9)7(11)10(3)12-4/h5-6,9H2,1-4H3. The summed E-state index contributed by atoms with van der Waals surface area (Å²) < 4.78 is 0. The highest BCUT2D eigenvalue weighted by atomic mass is 16.7. The van der Waals surface area contributed by atoms with Crippen molar-refractivity contribution in [3.8, 4) is 0 Å². The average molecular weight is 174 g/mol. The molecule has 4 heteroatoms. The summed E-state index contributed by atoms with van der Waals surface area (Å²) in [6.45, 7) is 3.71. The maximum absolute atomic E-state index is 11.5. The third-order valence-electron chi connectivity index (χ3n) is 1.82. The molecule has 0 heterocycles. The lowest BCUT2D eigenvalue weighted by Gasteiger charge is -2.26. The van der Waals surface area contributed by atoms with Crippen LogP contribution in [0.5, 0.6) is 0 Å². The number of rotatable bonds is 4. The lowest BCUT2D eigenvalue weighted by Crippen LogP contribution is -2.51. The Kier molecular flexibility index (Phi) is 4.20. The minimum Gasteiger partial charge on any atom is -0.318 e. The van der Waals surface area contributed by atoms with E-state index >= 15 is 0 Å². The Morgan fingerprint density at radius 1 is 1.67 bits per heavy atom. The molecule has 0 aliphatic heterocycles. The first-order valence-electron chi connectivity index (χ1n) is 4.07. The molecule has 1 unspecified atom stereocenters. The molecule has 0 aliphatic rings. The third kappa shape index (κ3) is 2.79. The Morgan fingerprint density at radius 2 is 2.17 bits per heavy atom. The van der Waals surface area contributed by atoms with Gasteiger partial charge in [-0.15, -0.1) is 0 Å². The first-order chi connectivity index (χ1) is 5.45. The second kappa shape index (κ2) is 4.42. The first kappa shape index (κ1) is 11.4. The topological polar surface area (TPSA) is 55.6 Å². The van der Waals surface area contributed by atoms with Crippen LogP contribution in [0.4, 0.5) is 0 Å². The van der Waals surface area contributed by atoms with Gasteiger partial charge in [-0.2, -0.15) is 0 Å². The van der Waals surface area contributed by atoms with E-state index in [1.807, 2.05) is 6.92 Å². The monoisotopic (exact) mass is 174 g/mol. The van der Waals surface area contributed by atoms with E-state index in [1.165, 1.54) is 7.11 Å². The number of hydrogen-bond donors (Lipinski definition) is 1. The third-order valence-corrected chi connectivity index (χ3v) is 1.82. The molecule has 72 valence electrons. The minimum atomic E-state index is -0.806. The maximum atomic E-state index is 11.5. The zero-order chi connectivity index (χ0) is 9.78. The van der Waals surface area contributed by atoms with Crippen molar-refractivity contribution in [2.45, 2.75) is 32.2 Å². The zero-order valence-corrected chi connectivity index (χ0v) is 8.26. The van der Waals surface area contributed by atoms with Gasteiger partial charge in [-0.25, -0.2) is 5.06 Å². The fourth-order valence-corrected chi connectivity index (χ4v) is 1.07. The highest BCUT2D eigenvalue weighted by molar-refractivity contribution is 5.84. The Balaban J connectivity index is 4.24. The van der Waals surface area contributed by atoms with E-state index in [2.05, 4.69) is 0 Å². The molecule has 0 fully saturated rings. The van der Waals surface area contributed by atoms with Gasteiger partial charge in [-0.3, -0.25) is 9.63 Å². The lowest BCUT2D eigenvalue weighted by molar-refractivity contribution is -0.174. The van der Waals surface area contributed by atoms with E-state index in [0.29, 0.717) is 6.42 Å². The van der Waals surface area contributed by atoms with Crippen LogP contribution < -0.4 is 5.73 Å². The molecule has 0 aromatic carbocycles. The highest BCUT2D eigenvalue weighted by Gasteiger charge is 2.30. The summed E-state index contributed by atoms with van der Waals surface area (Å²) in [6, 6.07) is 0. The van der Waals surface area contributed by atoms with Crippen LogP contribution in [0.2, 0.25) is 0 Å². The van der Waals surface area contributed by atoms with Gasteiger partial charge in [0.05, 0.1) is 12.6 Å². The molecule has 1 atom stereocenters. The molecular formula is C8H18N2O2. The molecule has 0 spiro atoms. The lowest BCUT2D eigenvalue weighted by atomic mass is 9.97. The number of carbonyl (C=O) groups is 1. The summed E-state index contributed by atoms with van der Waals surface area (Å²) in [5.41, 5.74) is 4.97. The predicted molar refractivity (Wildman–Crippen MR) is 47.3 cm³/mol. The van der Waals surface area contributed by atoms with Crippen molar-refractivity contribution in [3.63, 3.8) is 0 Å². The fourth-order valence-electron chi connectivity index (χ4n) is 1.07. The van der Waals surface area contributed by atoms with Gasteiger partial charge in [0, 0.05) is 7.05 Å². The molecule has 2 N–H and O–H groups in total. The molecule has 0 bridgehead atoms. The number of likely N-dealkylation sites (N-methyl/N-ethyl adjacent to an activating group) is 1. The van der Waals surface area contributed by atoms with Crippen LogP contribution in [0, 0.1) is 0 Å². The Hall–Kier alpha value is -0.610. The quantitative estimate of drug-likeness (QED) is 0.632. The van der Waals surface area contributed by atoms with Crippen molar-refractivity contribution in [2.24, 2.45) is 5.73 Å². The molecule has 0 saturated carbocycles. The van der Waals surface area contributed by atoms with Crippen LogP contribution in [0.15, 0.2) is 0 Å². The van der Waals surface area contributed by atoms with E-state index in [1.54, 1.807) is 14.0 Å². The Morgan fingerprint density at radius 3 is 2.50 bits per heavy atom. The van der Waals surface area contributed by atoms with E-state index in [4.69, 9.17) is 10.6 Å². The van der Waals surface area contributed by atoms with Gasteiger partial charge in [0.2, 0.25) is 0 Å². The van der Waals surface area contributed by atoms with Crippen LogP contribution in [0.25, 0.3) is 0 Å². The van der Waals surface area contributed by atoms with Gasteiger partial charge in [0.15, 0.2) is 0 Å². The number of nitrogens with two attached hydrogens (primary N) is 1. The first-order valence-corrected chi connectivity index (χ1v) is 4.07. The highest BCUT2D eigenvalue weighted by Crippen LogP contribution is 2.11. The Bertz CT molecular complexity index is 157. The number of hydrogen-bond acceptors (Lipinski definition) is 3.